The van der Waals surface area contributed by atoms with Crippen molar-refractivity contribution in [1.29, 1.82) is 0 Å². The zero-order valence-corrected chi connectivity index (χ0v) is 20.3. The van der Waals surface area contributed by atoms with E-state index in [1.54, 1.807) is 6.08 Å². The average Bonchev–Trinajstić information content (AvgIpc) is 3.45. The molecule has 2 saturated heterocycles. The van der Waals surface area contributed by atoms with Gasteiger partial charge in [-0.05, 0) is 68.9 Å². The van der Waals surface area contributed by atoms with Gasteiger partial charge >= 0.3 is 0 Å². The molecule has 10 atom stereocenters. The first kappa shape index (κ1) is 22.1. The molecular weight excluding hydrogens is 420 g/mol. The first-order chi connectivity index (χ1) is 15.5. The molecule has 2 aliphatic heterocycles. The number of Topliss-reactive ketones (excluding diaryl/α,β-unsaturated/α-hetero) is 1. The molecule has 3 saturated carbocycles. The first-order valence-electron chi connectivity index (χ1n) is 12.7. The molecule has 4 aliphatic carbocycles. The molecule has 2 spiro atoms. The molecule has 0 bridgehead atoms. The van der Waals surface area contributed by atoms with E-state index in [4.69, 9.17) is 14.2 Å². The van der Waals surface area contributed by atoms with Gasteiger partial charge in [0.1, 0.15) is 17.8 Å². The van der Waals surface area contributed by atoms with Crippen LogP contribution in [0.5, 0.6) is 0 Å². The SMILES string of the molecule is CCC(C)C1(O)OCC(=O)[C@@]2(O1)[C@@H](C)C[C@H]1[C@@H]3CCC4=CC(=O)C=C[C@]4(C)[C@@]34O[C@H]4C[C@@]12C. The lowest BCUT2D eigenvalue weighted by Gasteiger charge is -2.58. The van der Waals surface area contributed by atoms with Gasteiger partial charge in [-0.2, -0.15) is 0 Å². The normalized spacial score (nSPS) is 55.4. The summed E-state index contributed by atoms with van der Waals surface area (Å²) in [5.41, 5.74) is -0.947. The molecular formula is C27H36O6. The minimum Gasteiger partial charge on any atom is -0.364 e. The predicted molar refractivity (Wildman–Crippen MR) is 120 cm³/mol. The molecule has 0 aromatic rings. The second-order valence-corrected chi connectivity index (χ2v) is 12.0. The molecule has 33 heavy (non-hydrogen) atoms. The highest BCUT2D eigenvalue weighted by Gasteiger charge is 2.83. The maximum Gasteiger partial charge on any atom is 0.284 e. The van der Waals surface area contributed by atoms with E-state index in [9.17, 15) is 14.7 Å². The summed E-state index contributed by atoms with van der Waals surface area (Å²) in [6.45, 7) is 10.3. The molecule has 0 radical (unpaired) electrons. The summed E-state index contributed by atoms with van der Waals surface area (Å²) >= 11 is 0. The Labute approximate surface area is 195 Å². The van der Waals surface area contributed by atoms with Crippen LogP contribution in [0.1, 0.15) is 66.7 Å². The Bertz CT molecular complexity index is 1000. The molecule has 180 valence electrons. The van der Waals surface area contributed by atoms with Crippen molar-refractivity contribution in [2.24, 2.45) is 34.5 Å². The first-order valence-corrected chi connectivity index (χ1v) is 12.7. The maximum atomic E-state index is 13.6. The molecule has 6 nitrogen and oxygen atoms in total. The van der Waals surface area contributed by atoms with E-state index in [0.717, 1.165) is 19.3 Å². The van der Waals surface area contributed by atoms with E-state index < -0.39 is 17.0 Å². The second kappa shape index (κ2) is 6.45. The summed E-state index contributed by atoms with van der Waals surface area (Å²) in [5.74, 6) is -1.50. The predicted octanol–water partition coefficient (Wildman–Crippen LogP) is 3.72. The third-order valence-electron chi connectivity index (χ3n) is 10.8. The van der Waals surface area contributed by atoms with Crippen molar-refractivity contribution in [3.8, 4) is 0 Å². The highest BCUT2D eigenvalue weighted by Crippen LogP contribution is 2.77. The number of rotatable bonds is 2. The Morgan fingerprint density at radius 3 is 2.73 bits per heavy atom. The minimum absolute atomic E-state index is 0.00779. The lowest BCUT2D eigenvalue weighted by Crippen LogP contribution is -2.69. The quantitative estimate of drug-likeness (QED) is 0.638. The van der Waals surface area contributed by atoms with Crippen LogP contribution in [0, 0.1) is 34.5 Å². The Morgan fingerprint density at radius 2 is 2.00 bits per heavy atom. The van der Waals surface area contributed by atoms with Crippen LogP contribution in [0.25, 0.3) is 0 Å². The molecule has 0 aromatic heterocycles. The van der Waals surface area contributed by atoms with Gasteiger partial charge in [0.2, 0.25) is 0 Å². The summed E-state index contributed by atoms with van der Waals surface area (Å²) in [4.78, 5) is 25.7. The van der Waals surface area contributed by atoms with Gasteiger partial charge in [0, 0.05) is 16.7 Å². The van der Waals surface area contributed by atoms with Gasteiger partial charge in [0.15, 0.2) is 11.6 Å². The van der Waals surface area contributed by atoms with Gasteiger partial charge in [-0.15, -0.1) is 0 Å². The number of aliphatic hydroxyl groups is 1. The summed E-state index contributed by atoms with van der Waals surface area (Å²) in [7, 11) is 0. The topological polar surface area (TPSA) is 85.4 Å². The number of ether oxygens (including phenoxy) is 3. The van der Waals surface area contributed by atoms with Gasteiger partial charge in [-0.3, -0.25) is 9.59 Å². The highest BCUT2D eigenvalue weighted by atomic mass is 16.8. The van der Waals surface area contributed by atoms with E-state index in [0.29, 0.717) is 12.8 Å². The van der Waals surface area contributed by atoms with Crippen molar-refractivity contribution < 1.29 is 28.9 Å². The Kier molecular flexibility index (Phi) is 4.33. The molecule has 6 heteroatoms. The smallest absolute Gasteiger partial charge is 0.284 e. The fourth-order valence-electron chi connectivity index (χ4n) is 8.87. The molecule has 6 aliphatic rings. The number of allylic oxidation sites excluding steroid dienone is 2. The van der Waals surface area contributed by atoms with Crippen molar-refractivity contribution in [2.75, 3.05) is 6.61 Å². The fourth-order valence-corrected chi connectivity index (χ4v) is 8.87. The van der Waals surface area contributed by atoms with Gasteiger partial charge in [0.25, 0.3) is 5.97 Å². The maximum absolute atomic E-state index is 13.6. The van der Waals surface area contributed by atoms with Crippen molar-refractivity contribution in [3.05, 3.63) is 23.8 Å². The minimum atomic E-state index is -1.76. The molecule has 1 N–H and O–H groups in total. The Morgan fingerprint density at radius 1 is 1.24 bits per heavy atom. The molecule has 2 heterocycles. The number of carbonyl (C=O) groups excluding carboxylic acids is 2. The summed E-state index contributed by atoms with van der Waals surface area (Å²) in [6.07, 6.45) is 9.67. The van der Waals surface area contributed by atoms with Crippen LogP contribution < -0.4 is 0 Å². The third kappa shape index (κ3) is 2.34. The van der Waals surface area contributed by atoms with Crippen molar-refractivity contribution in [2.45, 2.75) is 90.0 Å². The van der Waals surface area contributed by atoms with E-state index in [1.807, 2.05) is 19.9 Å². The van der Waals surface area contributed by atoms with E-state index in [1.165, 1.54) is 5.57 Å². The van der Waals surface area contributed by atoms with Gasteiger partial charge in [0.05, 0.1) is 6.10 Å². The Balaban J connectivity index is 1.43. The van der Waals surface area contributed by atoms with Crippen LogP contribution >= 0.6 is 0 Å². The van der Waals surface area contributed by atoms with E-state index in [-0.39, 0.29) is 59.0 Å². The highest BCUT2D eigenvalue weighted by molar-refractivity contribution is 6.01. The second-order valence-electron chi connectivity index (χ2n) is 12.0. The van der Waals surface area contributed by atoms with Crippen LogP contribution in [-0.4, -0.2) is 46.6 Å². The van der Waals surface area contributed by atoms with Crippen LogP contribution in [0.4, 0.5) is 0 Å². The molecule has 0 aromatic carbocycles. The molecule has 0 amide bonds. The largest absolute Gasteiger partial charge is 0.364 e. The van der Waals surface area contributed by atoms with Gasteiger partial charge in [-0.25, -0.2) is 0 Å². The number of carbonyl (C=O) groups is 2. The lowest BCUT2D eigenvalue weighted by atomic mass is 9.46. The van der Waals surface area contributed by atoms with E-state index >= 15 is 0 Å². The number of epoxide rings is 1. The molecule has 6 rings (SSSR count). The standard InChI is InChI=1S/C27H36O6/c1-6-15(2)27(30)31-14-21(29)25(33-27)16(3)11-20-19-8-7-17-12-18(28)9-10-23(17,4)26(19)22(32-26)13-24(20,25)5/h9-10,12,15-16,19-20,22,30H,6-8,11,13-14H2,1-5H3/t15?,16-,19-,20-,22-,23-,24-,25-,26+,27?/m0/s1. The van der Waals surface area contributed by atoms with Crippen molar-refractivity contribution >= 4 is 11.6 Å². The summed E-state index contributed by atoms with van der Waals surface area (Å²) < 4.78 is 18.8. The van der Waals surface area contributed by atoms with Crippen LogP contribution in [0.3, 0.4) is 0 Å². The summed E-state index contributed by atoms with van der Waals surface area (Å²) in [6, 6.07) is 0. The zero-order valence-electron chi connectivity index (χ0n) is 20.3. The van der Waals surface area contributed by atoms with Crippen molar-refractivity contribution in [1.82, 2.24) is 0 Å². The zero-order chi connectivity index (χ0) is 23.6. The van der Waals surface area contributed by atoms with Crippen LogP contribution in [0.2, 0.25) is 0 Å². The van der Waals surface area contributed by atoms with Crippen LogP contribution in [0.15, 0.2) is 23.8 Å². The monoisotopic (exact) mass is 456 g/mol. The number of hydrogen-bond donors (Lipinski definition) is 1. The molecule has 2 unspecified atom stereocenters. The average molecular weight is 457 g/mol. The van der Waals surface area contributed by atoms with Crippen molar-refractivity contribution in [3.63, 3.8) is 0 Å². The van der Waals surface area contributed by atoms with Gasteiger partial charge < -0.3 is 19.3 Å². The molecule has 5 fully saturated rings. The number of fused-ring (bicyclic) bond motifs is 4. The fraction of sp³-hybridized carbons (Fsp3) is 0.778. The van der Waals surface area contributed by atoms with Crippen LogP contribution in [-0.2, 0) is 23.8 Å². The Hall–Kier alpha value is -1.34. The lowest BCUT2D eigenvalue weighted by molar-refractivity contribution is -0.437. The van der Waals surface area contributed by atoms with E-state index in [2.05, 4.69) is 26.8 Å². The third-order valence-corrected chi connectivity index (χ3v) is 10.8. The van der Waals surface area contributed by atoms with Gasteiger partial charge in [-0.1, -0.05) is 39.3 Å². The number of hydrogen-bond acceptors (Lipinski definition) is 6. The number of ketones is 2. The summed E-state index contributed by atoms with van der Waals surface area (Å²) in [5, 5.41) is 11.4.